The molecule has 2 fully saturated rings. The number of nitrogens with one attached hydrogen (secondary N) is 2. The van der Waals surface area contributed by atoms with Crippen molar-refractivity contribution in [1.82, 2.24) is 10.6 Å². The summed E-state index contributed by atoms with van der Waals surface area (Å²) in [5.74, 6) is -0.0194. The van der Waals surface area contributed by atoms with Crippen LogP contribution in [-0.4, -0.2) is 51.0 Å². The van der Waals surface area contributed by atoms with Gasteiger partial charge in [-0.1, -0.05) is 0 Å². The monoisotopic (exact) mass is 228 g/mol. The van der Waals surface area contributed by atoms with E-state index in [-0.39, 0.29) is 24.7 Å². The lowest BCUT2D eigenvalue weighted by Gasteiger charge is -2.23. The third kappa shape index (κ3) is 3.73. The van der Waals surface area contributed by atoms with Gasteiger partial charge in [0.1, 0.15) is 6.61 Å². The minimum Gasteiger partial charge on any atom is -0.379 e. The van der Waals surface area contributed by atoms with E-state index in [9.17, 15) is 4.79 Å². The normalized spacial score (nSPS) is 26.9. The van der Waals surface area contributed by atoms with Gasteiger partial charge in [0, 0.05) is 6.61 Å². The highest BCUT2D eigenvalue weighted by Crippen LogP contribution is 2.07. The predicted octanol–water partition coefficient (Wildman–Crippen LogP) is -0.340. The van der Waals surface area contributed by atoms with Crippen molar-refractivity contribution in [2.45, 2.75) is 31.4 Å². The fraction of sp³-hybridized carbons (Fsp3) is 0.909. The average molecular weight is 228 g/mol. The van der Waals surface area contributed by atoms with Crippen molar-refractivity contribution in [3.8, 4) is 0 Å². The second kappa shape index (κ2) is 6.18. The fourth-order valence-corrected chi connectivity index (χ4v) is 2.07. The first-order valence-electron chi connectivity index (χ1n) is 6.04. The molecule has 1 amide bonds. The van der Waals surface area contributed by atoms with Crippen molar-refractivity contribution in [3.63, 3.8) is 0 Å². The summed E-state index contributed by atoms with van der Waals surface area (Å²) in [6, 6.07) is 0.184. The zero-order valence-electron chi connectivity index (χ0n) is 9.54. The Balaban J connectivity index is 1.59. The zero-order valence-corrected chi connectivity index (χ0v) is 9.54. The van der Waals surface area contributed by atoms with Crippen LogP contribution in [0.2, 0.25) is 0 Å². The van der Waals surface area contributed by atoms with E-state index in [1.807, 2.05) is 0 Å². The largest absolute Gasteiger partial charge is 0.379 e. The molecule has 0 aromatic carbocycles. The number of piperidine rings is 1. The molecule has 0 saturated carbocycles. The average Bonchev–Trinajstić information content (AvgIpc) is 2.81. The Bertz CT molecular complexity index is 223. The van der Waals surface area contributed by atoms with E-state index < -0.39 is 0 Å². The van der Waals surface area contributed by atoms with Crippen LogP contribution in [0.4, 0.5) is 0 Å². The van der Waals surface area contributed by atoms with Crippen LogP contribution in [0.3, 0.4) is 0 Å². The lowest BCUT2D eigenvalue weighted by atomic mass is 10.1. The Labute approximate surface area is 95.9 Å². The van der Waals surface area contributed by atoms with Crippen molar-refractivity contribution < 1.29 is 14.3 Å². The molecule has 0 aromatic heterocycles. The molecular formula is C11H20N2O3. The summed E-state index contributed by atoms with van der Waals surface area (Å²) in [5.41, 5.74) is 0. The van der Waals surface area contributed by atoms with Crippen LogP contribution in [0.25, 0.3) is 0 Å². The molecular weight excluding hydrogens is 208 g/mol. The molecule has 1 unspecified atom stereocenters. The van der Waals surface area contributed by atoms with E-state index >= 15 is 0 Å². The summed E-state index contributed by atoms with van der Waals surface area (Å²) in [6.07, 6.45) is 3.16. The second-order valence-corrected chi connectivity index (χ2v) is 4.39. The minimum absolute atomic E-state index is 0.0194. The first kappa shape index (κ1) is 11.8. The molecule has 2 N–H and O–H groups in total. The molecule has 5 nitrogen and oxygen atoms in total. The standard InChI is InChI=1S/C11H20N2O3/c14-11(13-9-3-6-15-7-9)8-16-10-1-4-12-5-2-10/h9-10,12H,1-8H2,(H,13,14). The van der Waals surface area contributed by atoms with Crippen LogP contribution in [0.5, 0.6) is 0 Å². The van der Waals surface area contributed by atoms with Crippen LogP contribution in [0.15, 0.2) is 0 Å². The Kier molecular flexibility index (Phi) is 4.56. The minimum atomic E-state index is -0.0194. The third-order valence-corrected chi connectivity index (χ3v) is 3.03. The van der Waals surface area contributed by atoms with Gasteiger partial charge in [-0.3, -0.25) is 4.79 Å². The number of ether oxygens (including phenoxy) is 2. The van der Waals surface area contributed by atoms with Crippen LogP contribution in [-0.2, 0) is 14.3 Å². The van der Waals surface area contributed by atoms with Crippen molar-refractivity contribution in [2.24, 2.45) is 0 Å². The zero-order chi connectivity index (χ0) is 11.2. The molecule has 2 rings (SSSR count). The fourth-order valence-electron chi connectivity index (χ4n) is 2.07. The highest BCUT2D eigenvalue weighted by molar-refractivity contribution is 5.77. The summed E-state index contributed by atoms with van der Waals surface area (Å²) in [4.78, 5) is 11.5. The molecule has 16 heavy (non-hydrogen) atoms. The van der Waals surface area contributed by atoms with E-state index in [2.05, 4.69) is 10.6 Å². The van der Waals surface area contributed by atoms with Gasteiger partial charge >= 0.3 is 0 Å². The van der Waals surface area contributed by atoms with Crippen LogP contribution >= 0.6 is 0 Å². The number of amides is 1. The molecule has 5 heteroatoms. The van der Waals surface area contributed by atoms with Crippen molar-refractivity contribution in [3.05, 3.63) is 0 Å². The van der Waals surface area contributed by atoms with E-state index in [4.69, 9.17) is 9.47 Å². The molecule has 1 atom stereocenters. The SMILES string of the molecule is O=C(COC1CCNCC1)NC1CCOC1. The van der Waals surface area contributed by atoms with Gasteiger partial charge in [0.2, 0.25) is 5.91 Å². The van der Waals surface area contributed by atoms with Gasteiger partial charge in [-0.2, -0.15) is 0 Å². The van der Waals surface area contributed by atoms with Gasteiger partial charge in [0.25, 0.3) is 0 Å². The third-order valence-electron chi connectivity index (χ3n) is 3.03. The molecule has 0 radical (unpaired) electrons. The van der Waals surface area contributed by atoms with Crippen LogP contribution in [0.1, 0.15) is 19.3 Å². The van der Waals surface area contributed by atoms with Gasteiger partial charge in [0.05, 0.1) is 18.8 Å². The summed E-state index contributed by atoms with van der Waals surface area (Å²) < 4.78 is 10.8. The smallest absolute Gasteiger partial charge is 0.246 e. The summed E-state index contributed by atoms with van der Waals surface area (Å²) in [7, 11) is 0. The highest BCUT2D eigenvalue weighted by Gasteiger charge is 2.19. The number of hydrogen-bond donors (Lipinski definition) is 2. The number of hydrogen-bond acceptors (Lipinski definition) is 4. The van der Waals surface area contributed by atoms with Crippen molar-refractivity contribution in [2.75, 3.05) is 32.9 Å². The summed E-state index contributed by atoms with van der Waals surface area (Å²) in [5, 5.41) is 6.18. The molecule has 0 bridgehead atoms. The quantitative estimate of drug-likeness (QED) is 0.691. The number of carbonyl (C=O) groups is 1. The Hall–Kier alpha value is -0.650. The first-order chi connectivity index (χ1) is 7.84. The molecule has 92 valence electrons. The number of carbonyl (C=O) groups excluding carboxylic acids is 1. The predicted molar refractivity (Wildman–Crippen MR) is 59.2 cm³/mol. The van der Waals surface area contributed by atoms with Crippen molar-refractivity contribution >= 4 is 5.91 Å². The lowest BCUT2D eigenvalue weighted by Crippen LogP contribution is -2.39. The van der Waals surface area contributed by atoms with E-state index in [0.717, 1.165) is 39.0 Å². The summed E-state index contributed by atoms with van der Waals surface area (Å²) in [6.45, 7) is 3.55. The Morgan fingerprint density at radius 1 is 1.38 bits per heavy atom. The lowest BCUT2D eigenvalue weighted by molar-refractivity contribution is -0.128. The maximum Gasteiger partial charge on any atom is 0.246 e. The van der Waals surface area contributed by atoms with E-state index in [1.54, 1.807) is 0 Å². The van der Waals surface area contributed by atoms with Crippen molar-refractivity contribution in [1.29, 1.82) is 0 Å². The molecule has 0 aliphatic carbocycles. The Morgan fingerprint density at radius 3 is 2.88 bits per heavy atom. The Morgan fingerprint density at radius 2 is 2.19 bits per heavy atom. The molecule has 0 aromatic rings. The molecule has 2 aliphatic rings. The molecule has 2 saturated heterocycles. The number of rotatable bonds is 4. The van der Waals surface area contributed by atoms with Gasteiger partial charge in [-0.15, -0.1) is 0 Å². The first-order valence-corrected chi connectivity index (χ1v) is 6.04. The second-order valence-electron chi connectivity index (χ2n) is 4.39. The van der Waals surface area contributed by atoms with Gasteiger partial charge in [-0.25, -0.2) is 0 Å². The van der Waals surface area contributed by atoms with Crippen LogP contribution in [0, 0.1) is 0 Å². The summed E-state index contributed by atoms with van der Waals surface area (Å²) >= 11 is 0. The van der Waals surface area contributed by atoms with E-state index in [1.165, 1.54) is 0 Å². The molecule has 2 heterocycles. The highest BCUT2D eigenvalue weighted by atomic mass is 16.5. The maximum atomic E-state index is 11.5. The molecule has 2 aliphatic heterocycles. The topological polar surface area (TPSA) is 59.6 Å². The van der Waals surface area contributed by atoms with Gasteiger partial charge in [0.15, 0.2) is 0 Å². The van der Waals surface area contributed by atoms with E-state index in [0.29, 0.717) is 6.61 Å². The van der Waals surface area contributed by atoms with Crippen LogP contribution < -0.4 is 10.6 Å². The molecule has 0 spiro atoms. The maximum absolute atomic E-state index is 11.5. The van der Waals surface area contributed by atoms with Gasteiger partial charge in [-0.05, 0) is 32.4 Å². The van der Waals surface area contributed by atoms with Gasteiger partial charge < -0.3 is 20.1 Å².